The van der Waals surface area contributed by atoms with Crippen molar-refractivity contribution in [2.24, 2.45) is 0 Å². The fraction of sp³-hybridized carbons (Fsp3) is 0.545. The van der Waals surface area contributed by atoms with Crippen molar-refractivity contribution in [2.45, 2.75) is 49.3 Å². The first kappa shape index (κ1) is 25.1. The number of hydrogen-bond donors (Lipinski definition) is 2. The molecule has 14 heteroatoms. The van der Waals surface area contributed by atoms with Crippen LogP contribution in [-0.4, -0.2) is 91.5 Å². The van der Waals surface area contributed by atoms with Crippen LogP contribution in [0.5, 0.6) is 0 Å². The Morgan fingerprint density at radius 3 is 2.61 bits per heavy atom. The van der Waals surface area contributed by atoms with E-state index in [0.717, 1.165) is 0 Å². The average molecular weight is 527 g/mol. The van der Waals surface area contributed by atoms with Gasteiger partial charge in [0.05, 0.1) is 42.8 Å². The van der Waals surface area contributed by atoms with Gasteiger partial charge in [-0.15, -0.1) is 10.2 Å². The highest BCUT2D eigenvalue weighted by atomic mass is 35.5. The molecule has 11 nitrogen and oxygen atoms in total. The maximum Gasteiger partial charge on any atom is 0.178 e. The van der Waals surface area contributed by atoms with Gasteiger partial charge in [0.1, 0.15) is 35.6 Å². The summed E-state index contributed by atoms with van der Waals surface area (Å²) < 4.78 is 48.5. The Morgan fingerprint density at radius 2 is 1.94 bits per heavy atom. The third kappa shape index (κ3) is 4.29. The van der Waals surface area contributed by atoms with E-state index in [2.05, 4.69) is 20.6 Å². The third-order valence-electron chi connectivity index (χ3n) is 6.69. The lowest BCUT2D eigenvalue weighted by molar-refractivity contribution is -0.212. The summed E-state index contributed by atoms with van der Waals surface area (Å²) in [6.45, 7) is 2.61. The molecule has 5 rings (SSSR count). The van der Waals surface area contributed by atoms with Gasteiger partial charge in [-0.05, 0) is 19.1 Å². The highest BCUT2D eigenvalue weighted by molar-refractivity contribution is 6.30. The first-order valence-electron chi connectivity index (χ1n) is 11.3. The zero-order chi connectivity index (χ0) is 25.6. The van der Waals surface area contributed by atoms with E-state index in [0.29, 0.717) is 18.9 Å². The van der Waals surface area contributed by atoms with Crippen LogP contribution in [0.3, 0.4) is 0 Å². The van der Waals surface area contributed by atoms with E-state index in [9.17, 15) is 19.0 Å². The standard InChI is InChI=1S/C22H25ClF2N6O5/c1-22(9-35-10-22)31-6-11(26-29-31)5-15-21(34-2)19(20(33)16(8-32)36-15)30-7-14(27-28-30)12-3-4-13(23)18(25)17(12)24/h3-4,6-7,15-16,19-21,32-33H,5,8-10H2,1-2H3/t15-,16-,19+,20+,21+/m1/s1. The molecule has 2 N–H and O–H groups in total. The number of methoxy groups -OCH3 is 1. The largest absolute Gasteiger partial charge is 0.394 e. The highest BCUT2D eigenvalue weighted by Gasteiger charge is 2.47. The van der Waals surface area contributed by atoms with Gasteiger partial charge in [0.25, 0.3) is 0 Å². The van der Waals surface area contributed by atoms with Crippen molar-refractivity contribution in [1.29, 1.82) is 0 Å². The first-order chi connectivity index (χ1) is 17.3. The smallest absolute Gasteiger partial charge is 0.178 e. The highest BCUT2D eigenvalue weighted by Crippen LogP contribution is 2.35. The topological polar surface area (TPSA) is 130 Å². The van der Waals surface area contributed by atoms with Crippen LogP contribution in [0.2, 0.25) is 5.02 Å². The number of rotatable bonds is 7. The second-order valence-corrected chi connectivity index (χ2v) is 9.64. The molecule has 2 fully saturated rings. The van der Waals surface area contributed by atoms with Crippen LogP contribution in [0.15, 0.2) is 24.5 Å². The number of hydrogen-bond acceptors (Lipinski definition) is 9. The van der Waals surface area contributed by atoms with Crippen molar-refractivity contribution in [3.05, 3.63) is 46.9 Å². The maximum atomic E-state index is 14.5. The van der Waals surface area contributed by atoms with Crippen molar-refractivity contribution in [1.82, 2.24) is 30.0 Å². The molecule has 194 valence electrons. The molecule has 2 aromatic heterocycles. The van der Waals surface area contributed by atoms with Crippen LogP contribution in [-0.2, 0) is 26.2 Å². The molecule has 0 amide bonds. The van der Waals surface area contributed by atoms with E-state index in [1.54, 1.807) is 10.9 Å². The molecule has 0 saturated carbocycles. The number of aliphatic hydroxyl groups excluding tert-OH is 2. The minimum Gasteiger partial charge on any atom is -0.394 e. The molecule has 36 heavy (non-hydrogen) atoms. The Morgan fingerprint density at radius 1 is 1.17 bits per heavy atom. The Kier molecular flexibility index (Phi) is 6.78. The molecule has 3 aromatic rings. The molecule has 0 unspecified atom stereocenters. The molecule has 2 aliphatic rings. The molecular formula is C22H25ClF2N6O5. The van der Waals surface area contributed by atoms with E-state index < -0.39 is 48.7 Å². The second kappa shape index (κ2) is 9.72. The Labute approximate surface area is 209 Å². The van der Waals surface area contributed by atoms with Crippen molar-refractivity contribution in [3.8, 4) is 11.3 Å². The second-order valence-electron chi connectivity index (χ2n) is 9.23. The van der Waals surface area contributed by atoms with E-state index >= 15 is 0 Å². The summed E-state index contributed by atoms with van der Waals surface area (Å²) in [6.07, 6.45) is -0.150. The monoisotopic (exact) mass is 526 g/mol. The van der Waals surface area contributed by atoms with Gasteiger partial charge in [0, 0.05) is 25.3 Å². The number of aromatic nitrogens is 6. The van der Waals surface area contributed by atoms with Gasteiger partial charge in [0.15, 0.2) is 11.6 Å². The minimum atomic E-state index is -1.24. The molecule has 0 aliphatic carbocycles. The summed E-state index contributed by atoms with van der Waals surface area (Å²) in [6, 6.07) is 1.65. The summed E-state index contributed by atoms with van der Waals surface area (Å²) >= 11 is 5.65. The third-order valence-corrected chi connectivity index (χ3v) is 6.98. The number of benzene rings is 1. The van der Waals surface area contributed by atoms with Crippen molar-refractivity contribution >= 4 is 11.6 Å². The van der Waals surface area contributed by atoms with Crippen molar-refractivity contribution in [2.75, 3.05) is 26.9 Å². The zero-order valence-corrected chi connectivity index (χ0v) is 20.2. The SMILES string of the molecule is CO[C@@H]1[C@@H](n2cc(-c3ccc(Cl)c(F)c3F)nn2)[C@@H](O)[C@@H](CO)O[C@@H]1Cc1cn(C2(C)COC2)nn1. The number of aliphatic hydroxyl groups is 2. The van der Waals surface area contributed by atoms with Crippen LogP contribution < -0.4 is 0 Å². The Balaban J connectivity index is 1.43. The van der Waals surface area contributed by atoms with Gasteiger partial charge in [-0.1, -0.05) is 22.0 Å². The predicted octanol–water partition coefficient (Wildman–Crippen LogP) is 1.13. The average Bonchev–Trinajstić information content (AvgIpc) is 3.52. The molecule has 0 bridgehead atoms. The molecule has 0 radical (unpaired) electrons. The molecule has 1 aromatic carbocycles. The summed E-state index contributed by atoms with van der Waals surface area (Å²) in [5.74, 6) is -2.36. The van der Waals surface area contributed by atoms with Crippen LogP contribution in [0.4, 0.5) is 8.78 Å². The first-order valence-corrected chi connectivity index (χ1v) is 11.7. The quantitative estimate of drug-likeness (QED) is 0.435. The molecule has 2 aliphatic heterocycles. The van der Waals surface area contributed by atoms with Crippen LogP contribution in [0.1, 0.15) is 18.7 Å². The van der Waals surface area contributed by atoms with Gasteiger partial charge in [-0.25, -0.2) is 18.1 Å². The fourth-order valence-electron chi connectivity index (χ4n) is 4.59. The van der Waals surface area contributed by atoms with E-state index in [1.165, 1.54) is 30.1 Å². The predicted molar refractivity (Wildman–Crippen MR) is 120 cm³/mol. The number of halogens is 3. The van der Waals surface area contributed by atoms with Gasteiger partial charge in [-0.2, -0.15) is 0 Å². The van der Waals surface area contributed by atoms with Crippen LogP contribution >= 0.6 is 11.6 Å². The summed E-state index contributed by atoms with van der Waals surface area (Å²) in [4.78, 5) is 0. The summed E-state index contributed by atoms with van der Waals surface area (Å²) in [5, 5.41) is 36.9. The lowest BCUT2D eigenvalue weighted by Gasteiger charge is -2.43. The van der Waals surface area contributed by atoms with Crippen molar-refractivity contribution in [3.63, 3.8) is 0 Å². The molecular weight excluding hydrogens is 502 g/mol. The van der Waals surface area contributed by atoms with E-state index in [4.69, 9.17) is 25.8 Å². The maximum absolute atomic E-state index is 14.5. The van der Waals surface area contributed by atoms with E-state index in [1.807, 2.05) is 6.92 Å². The molecule has 0 spiro atoms. The van der Waals surface area contributed by atoms with Gasteiger partial charge in [0.2, 0.25) is 0 Å². The molecule has 4 heterocycles. The zero-order valence-electron chi connectivity index (χ0n) is 19.5. The van der Waals surface area contributed by atoms with Crippen LogP contribution in [0.25, 0.3) is 11.3 Å². The van der Waals surface area contributed by atoms with Gasteiger partial charge in [-0.3, -0.25) is 0 Å². The summed E-state index contributed by atoms with van der Waals surface area (Å²) in [5.41, 5.74) is 0.255. The van der Waals surface area contributed by atoms with Gasteiger partial charge >= 0.3 is 0 Å². The molecule has 2 saturated heterocycles. The number of ether oxygens (including phenoxy) is 3. The van der Waals surface area contributed by atoms with Crippen molar-refractivity contribution < 1.29 is 33.2 Å². The van der Waals surface area contributed by atoms with E-state index in [-0.39, 0.29) is 28.2 Å². The normalized spacial score (nSPS) is 27.7. The Hall–Kier alpha value is -2.55. The molecule has 5 atom stereocenters. The minimum absolute atomic E-state index is 0.0348. The lowest BCUT2D eigenvalue weighted by Crippen LogP contribution is -2.57. The number of nitrogens with zero attached hydrogens (tertiary/aromatic N) is 6. The Bertz CT molecular complexity index is 1240. The summed E-state index contributed by atoms with van der Waals surface area (Å²) in [7, 11) is 1.45. The fourth-order valence-corrected chi connectivity index (χ4v) is 4.74. The van der Waals surface area contributed by atoms with Crippen LogP contribution in [0, 0.1) is 11.6 Å². The lowest BCUT2D eigenvalue weighted by atomic mass is 9.90. The van der Waals surface area contributed by atoms with Gasteiger partial charge < -0.3 is 24.4 Å².